The van der Waals surface area contributed by atoms with E-state index >= 15 is 0 Å². The summed E-state index contributed by atoms with van der Waals surface area (Å²) < 4.78 is 18.6. The summed E-state index contributed by atoms with van der Waals surface area (Å²) in [6, 6.07) is 4.56. The van der Waals surface area contributed by atoms with Gasteiger partial charge in [-0.2, -0.15) is 0 Å². The summed E-state index contributed by atoms with van der Waals surface area (Å²) in [6.07, 6.45) is 2.07. The third-order valence-corrected chi connectivity index (χ3v) is 3.09. The second-order valence-electron chi connectivity index (χ2n) is 4.06. The predicted molar refractivity (Wildman–Crippen MR) is 63.4 cm³/mol. The lowest BCUT2D eigenvalue weighted by Crippen LogP contribution is -2.22. The molecule has 2 nitrogen and oxygen atoms in total. The monoisotopic (exact) mass is 243 g/mol. The third-order valence-electron chi connectivity index (χ3n) is 2.85. The summed E-state index contributed by atoms with van der Waals surface area (Å²) in [5.41, 5.74) is 0.485. The van der Waals surface area contributed by atoms with Gasteiger partial charge in [0.2, 0.25) is 0 Å². The molecule has 1 aliphatic rings. The lowest BCUT2D eigenvalue weighted by molar-refractivity contribution is 0.0699. The molecule has 1 aromatic rings. The topological polar surface area (TPSA) is 21.3 Å². The molecular weight excluding hydrogens is 229 g/mol. The van der Waals surface area contributed by atoms with Crippen molar-refractivity contribution in [3.63, 3.8) is 0 Å². The molecule has 1 N–H and O–H groups in total. The van der Waals surface area contributed by atoms with Gasteiger partial charge in [-0.05, 0) is 37.0 Å². The molecule has 0 atom stereocenters. The summed E-state index contributed by atoms with van der Waals surface area (Å²) in [6.45, 7) is 2.40. The minimum atomic E-state index is -0.253. The number of rotatable bonds is 3. The molecule has 0 aliphatic carbocycles. The van der Waals surface area contributed by atoms with Crippen LogP contribution in [-0.2, 0) is 4.74 Å². The second-order valence-corrected chi connectivity index (χ2v) is 4.50. The van der Waals surface area contributed by atoms with E-state index in [0.29, 0.717) is 16.6 Å². The van der Waals surface area contributed by atoms with Gasteiger partial charge in [0.25, 0.3) is 0 Å². The number of nitrogens with one attached hydrogen (secondary N) is 1. The van der Waals surface area contributed by atoms with Gasteiger partial charge in [-0.1, -0.05) is 11.6 Å². The molecule has 0 amide bonds. The van der Waals surface area contributed by atoms with E-state index in [1.54, 1.807) is 12.1 Å². The van der Waals surface area contributed by atoms with Gasteiger partial charge < -0.3 is 10.1 Å². The van der Waals surface area contributed by atoms with Crippen LogP contribution in [0.5, 0.6) is 0 Å². The Kier molecular flexibility index (Phi) is 4.02. The molecular formula is C12H15ClFNO. The van der Waals surface area contributed by atoms with E-state index < -0.39 is 0 Å². The molecule has 0 unspecified atom stereocenters. The number of hydrogen-bond donors (Lipinski definition) is 1. The van der Waals surface area contributed by atoms with Crippen molar-refractivity contribution in [2.75, 3.05) is 25.1 Å². The fourth-order valence-corrected chi connectivity index (χ4v) is 2.01. The maximum atomic E-state index is 13.4. The molecule has 0 saturated carbocycles. The Morgan fingerprint density at radius 3 is 2.88 bits per heavy atom. The second kappa shape index (κ2) is 5.51. The normalized spacial score (nSPS) is 17.4. The van der Waals surface area contributed by atoms with Gasteiger partial charge in [-0.15, -0.1) is 0 Å². The van der Waals surface area contributed by atoms with E-state index in [9.17, 15) is 4.39 Å². The molecule has 88 valence electrons. The summed E-state index contributed by atoms with van der Waals surface area (Å²) in [4.78, 5) is 0. The molecule has 4 heteroatoms. The predicted octanol–water partition coefficient (Wildman–Crippen LogP) is 3.32. The molecule has 1 fully saturated rings. The summed E-state index contributed by atoms with van der Waals surface area (Å²) >= 11 is 5.81. The van der Waals surface area contributed by atoms with Crippen LogP contribution in [0.2, 0.25) is 5.02 Å². The number of hydrogen-bond acceptors (Lipinski definition) is 2. The zero-order valence-electron chi connectivity index (χ0n) is 9.01. The Labute approximate surface area is 99.7 Å². The molecule has 1 saturated heterocycles. The third kappa shape index (κ3) is 3.09. The van der Waals surface area contributed by atoms with Crippen molar-refractivity contribution in [1.29, 1.82) is 0 Å². The first-order valence-electron chi connectivity index (χ1n) is 5.52. The SMILES string of the molecule is Fc1ccc(Cl)cc1NCC1CCOCC1. The van der Waals surface area contributed by atoms with Crippen LogP contribution in [0.1, 0.15) is 12.8 Å². The van der Waals surface area contributed by atoms with Crippen LogP contribution >= 0.6 is 11.6 Å². The molecule has 0 spiro atoms. The lowest BCUT2D eigenvalue weighted by Gasteiger charge is -2.22. The molecule has 16 heavy (non-hydrogen) atoms. The lowest BCUT2D eigenvalue weighted by atomic mass is 10.0. The Bertz CT molecular complexity index is 353. The van der Waals surface area contributed by atoms with Gasteiger partial charge >= 0.3 is 0 Å². The molecule has 1 heterocycles. The van der Waals surface area contributed by atoms with Crippen LogP contribution in [0.15, 0.2) is 18.2 Å². The first-order chi connectivity index (χ1) is 7.75. The van der Waals surface area contributed by atoms with Crippen LogP contribution in [0, 0.1) is 11.7 Å². The first kappa shape index (κ1) is 11.7. The van der Waals surface area contributed by atoms with Gasteiger partial charge in [0, 0.05) is 24.8 Å². The number of ether oxygens (including phenoxy) is 1. The average molecular weight is 244 g/mol. The Hall–Kier alpha value is -0.800. The molecule has 0 aromatic heterocycles. The summed E-state index contributed by atoms with van der Waals surface area (Å²) in [5.74, 6) is 0.309. The van der Waals surface area contributed by atoms with Crippen molar-refractivity contribution in [3.8, 4) is 0 Å². The number of halogens is 2. The van der Waals surface area contributed by atoms with Crippen molar-refractivity contribution in [2.45, 2.75) is 12.8 Å². The number of benzene rings is 1. The van der Waals surface area contributed by atoms with Crippen molar-refractivity contribution in [3.05, 3.63) is 29.0 Å². The van der Waals surface area contributed by atoms with E-state index in [-0.39, 0.29) is 5.82 Å². The quantitative estimate of drug-likeness (QED) is 0.880. The van der Waals surface area contributed by atoms with E-state index in [1.165, 1.54) is 6.07 Å². The highest BCUT2D eigenvalue weighted by Gasteiger charge is 2.14. The molecule has 1 aromatic carbocycles. The molecule has 0 radical (unpaired) electrons. The maximum absolute atomic E-state index is 13.4. The highest BCUT2D eigenvalue weighted by atomic mass is 35.5. The highest BCUT2D eigenvalue weighted by molar-refractivity contribution is 6.30. The van der Waals surface area contributed by atoms with E-state index in [4.69, 9.17) is 16.3 Å². The van der Waals surface area contributed by atoms with Crippen molar-refractivity contribution >= 4 is 17.3 Å². The van der Waals surface area contributed by atoms with E-state index in [1.807, 2.05) is 0 Å². The van der Waals surface area contributed by atoms with Gasteiger partial charge in [0.1, 0.15) is 5.82 Å². The van der Waals surface area contributed by atoms with Crippen LogP contribution in [0.4, 0.5) is 10.1 Å². The van der Waals surface area contributed by atoms with Gasteiger partial charge in [0.05, 0.1) is 5.69 Å². The molecule has 0 bridgehead atoms. The van der Waals surface area contributed by atoms with Crippen LogP contribution in [0.3, 0.4) is 0 Å². The van der Waals surface area contributed by atoms with Crippen molar-refractivity contribution in [2.24, 2.45) is 5.92 Å². The van der Waals surface area contributed by atoms with Crippen LogP contribution in [0.25, 0.3) is 0 Å². The Balaban J connectivity index is 1.90. The van der Waals surface area contributed by atoms with Crippen molar-refractivity contribution < 1.29 is 9.13 Å². The minimum absolute atomic E-state index is 0.253. The maximum Gasteiger partial charge on any atom is 0.146 e. The number of anilines is 1. The zero-order valence-corrected chi connectivity index (χ0v) is 9.77. The first-order valence-corrected chi connectivity index (χ1v) is 5.90. The summed E-state index contributed by atoms with van der Waals surface area (Å²) in [5, 5.41) is 3.66. The minimum Gasteiger partial charge on any atom is -0.382 e. The molecule has 2 rings (SSSR count). The van der Waals surface area contributed by atoms with Gasteiger partial charge in [0.15, 0.2) is 0 Å². The fourth-order valence-electron chi connectivity index (χ4n) is 1.84. The van der Waals surface area contributed by atoms with Gasteiger partial charge in [-0.25, -0.2) is 4.39 Å². The standard InChI is InChI=1S/C12H15ClFNO/c13-10-1-2-11(14)12(7-10)15-8-9-3-5-16-6-4-9/h1-2,7,9,15H,3-6,8H2. The van der Waals surface area contributed by atoms with E-state index in [0.717, 1.165) is 32.6 Å². The van der Waals surface area contributed by atoms with Crippen molar-refractivity contribution in [1.82, 2.24) is 0 Å². The van der Waals surface area contributed by atoms with E-state index in [2.05, 4.69) is 5.32 Å². The smallest absolute Gasteiger partial charge is 0.146 e. The van der Waals surface area contributed by atoms with Crippen LogP contribution < -0.4 is 5.32 Å². The average Bonchev–Trinajstić information content (AvgIpc) is 2.32. The molecule has 1 aliphatic heterocycles. The van der Waals surface area contributed by atoms with Gasteiger partial charge in [-0.3, -0.25) is 0 Å². The zero-order chi connectivity index (χ0) is 11.4. The highest BCUT2D eigenvalue weighted by Crippen LogP contribution is 2.21. The Morgan fingerprint density at radius 2 is 2.12 bits per heavy atom. The van der Waals surface area contributed by atoms with Crippen LogP contribution in [-0.4, -0.2) is 19.8 Å². The largest absolute Gasteiger partial charge is 0.382 e. The summed E-state index contributed by atoms with van der Waals surface area (Å²) in [7, 11) is 0. The Morgan fingerprint density at radius 1 is 1.38 bits per heavy atom. The fraction of sp³-hybridized carbons (Fsp3) is 0.500.